The first-order valence-corrected chi connectivity index (χ1v) is 8.35. The third-order valence-corrected chi connectivity index (χ3v) is 3.78. The number of benzene rings is 1. The molecule has 1 amide bonds. The Morgan fingerprint density at radius 1 is 1.11 bits per heavy atom. The molecule has 0 aliphatic carbocycles. The average molecular weight is 390 g/mol. The Labute approximate surface area is 159 Å². The van der Waals surface area contributed by atoms with Gasteiger partial charge in [0.2, 0.25) is 0 Å². The number of nitrogens with one attached hydrogen (secondary N) is 1. The zero-order valence-corrected chi connectivity index (χ0v) is 14.7. The largest absolute Gasteiger partial charge is 0.411 e. The molecule has 1 N–H and O–H groups in total. The molecular weight excluding hydrogens is 373 g/mol. The van der Waals surface area contributed by atoms with E-state index in [4.69, 9.17) is 0 Å². The van der Waals surface area contributed by atoms with Crippen molar-refractivity contribution in [3.63, 3.8) is 0 Å². The summed E-state index contributed by atoms with van der Waals surface area (Å²) in [6.45, 7) is -1.17. The Morgan fingerprint density at radius 3 is 2.46 bits per heavy atom. The maximum absolute atomic E-state index is 12.2. The van der Waals surface area contributed by atoms with Crippen LogP contribution in [0.1, 0.15) is 21.5 Å². The van der Waals surface area contributed by atoms with Crippen molar-refractivity contribution in [3.05, 3.63) is 78.0 Å². The van der Waals surface area contributed by atoms with E-state index >= 15 is 0 Å². The fourth-order valence-corrected chi connectivity index (χ4v) is 2.39. The van der Waals surface area contributed by atoms with Crippen LogP contribution in [-0.2, 0) is 17.9 Å². The van der Waals surface area contributed by atoms with E-state index in [1.54, 1.807) is 53.8 Å². The topological polar surface area (TPSA) is 69.0 Å². The summed E-state index contributed by atoms with van der Waals surface area (Å²) in [6, 6.07) is 9.88. The molecule has 0 atom stereocenters. The third-order valence-electron chi connectivity index (χ3n) is 3.78. The lowest BCUT2D eigenvalue weighted by atomic mass is 10.1. The first kappa shape index (κ1) is 19.6. The van der Waals surface area contributed by atoms with E-state index in [1.807, 2.05) is 12.1 Å². The Bertz CT molecular complexity index is 892. The summed E-state index contributed by atoms with van der Waals surface area (Å²) in [7, 11) is 0. The normalized spacial score (nSPS) is 11.4. The van der Waals surface area contributed by atoms with Crippen LogP contribution in [0.3, 0.4) is 0 Å². The number of halogens is 3. The molecule has 0 saturated heterocycles. The van der Waals surface area contributed by atoms with Crippen molar-refractivity contribution < 1.29 is 22.7 Å². The summed E-state index contributed by atoms with van der Waals surface area (Å²) in [6.07, 6.45) is 2.38. The molecule has 0 bridgehead atoms. The fraction of sp³-hybridized carbons (Fsp3) is 0.211. The zero-order valence-electron chi connectivity index (χ0n) is 14.7. The van der Waals surface area contributed by atoms with Gasteiger partial charge in [0, 0.05) is 30.7 Å². The highest BCUT2D eigenvalue weighted by atomic mass is 19.4. The molecule has 3 aromatic rings. The van der Waals surface area contributed by atoms with E-state index in [-0.39, 0.29) is 12.5 Å². The minimum Gasteiger partial charge on any atom is -0.367 e. The monoisotopic (exact) mass is 390 g/mol. The van der Waals surface area contributed by atoms with Gasteiger partial charge in [-0.2, -0.15) is 13.2 Å². The molecule has 6 nitrogen and oxygen atoms in total. The predicted molar refractivity (Wildman–Crippen MR) is 94.7 cm³/mol. The lowest BCUT2D eigenvalue weighted by molar-refractivity contribution is -0.176. The SMILES string of the molecule is O=C(NCc1ccc(-n2ccnc2)nc1)c1ccc(COCC(F)(F)F)cc1. The lowest BCUT2D eigenvalue weighted by Crippen LogP contribution is -2.22. The summed E-state index contributed by atoms with van der Waals surface area (Å²) in [5.41, 5.74) is 1.79. The maximum atomic E-state index is 12.2. The van der Waals surface area contributed by atoms with Gasteiger partial charge in [-0.15, -0.1) is 0 Å². The van der Waals surface area contributed by atoms with E-state index in [2.05, 4.69) is 20.0 Å². The molecule has 2 aromatic heterocycles. The van der Waals surface area contributed by atoms with E-state index in [0.29, 0.717) is 17.7 Å². The Hall–Kier alpha value is -3.20. The summed E-state index contributed by atoms with van der Waals surface area (Å²) >= 11 is 0. The highest BCUT2D eigenvalue weighted by molar-refractivity contribution is 5.94. The van der Waals surface area contributed by atoms with Crippen LogP contribution in [0.5, 0.6) is 0 Å². The van der Waals surface area contributed by atoms with Crippen LogP contribution < -0.4 is 5.32 Å². The van der Waals surface area contributed by atoms with Gasteiger partial charge in [-0.3, -0.25) is 9.36 Å². The molecule has 1 aromatic carbocycles. The number of hydrogen-bond donors (Lipinski definition) is 1. The highest BCUT2D eigenvalue weighted by Crippen LogP contribution is 2.16. The standard InChI is InChI=1S/C19H17F3N4O2/c20-19(21,22)12-28-11-14-1-4-16(5-2-14)18(27)25-10-15-3-6-17(24-9-15)26-8-7-23-13-26/h1-9,13H,10-12H2,(H,25,27). The van der Waals surface area contributed by atoms with Gasteiger partial charge in [-0.25, -0.2) is 9.97 Å². The van der Waals surface area contributed by atoms with Crippen LogP contribution in [0, 0.1) is 0 Å². The molecule has 0 spiro atoms. The second-order valence-corrected chi connectivity index (χ2v) is 5.98. The van der Waals surface area contributed by atoms with Crippen LogP contribution in [-0.4, -0.2) is 33.2 Å². The summed E-state index contributed by atoms with van der Waals surface area (Å²) in [4.78, 5) is 20.5. The highest BCUT2D eigenvalue weighted by Gasteiger charge is 2.27. The molecule has 0 aliphatic heterocycles. The number of ether oxygens (including phenoxy) is 1. The number of aromatic nitrogens is 3. The van der Waals surface area contributed by atoms with Gasteiger partial charge < -0.3 is 10.1 Å². The van der Waals surface area contributed by atoms with Crippen molar-refractivity contribution >= 4 is 5.91 Å². The van der Waals surface area contributed by atoms with Gasteiger partial charge in [-0.05, 0) is 29.3 Å². The van der Waals surface area contributed by atoms with Crippen molar-refractivity contribution in [1.29, 1.82) is 0 Å². The quantitative estimate of drug-likeness (QED) is 0.672. The Balaban J connectivity index is 1.49. The van der Waals surface area contributed by atoms with Crippen molar-refractivity contribution in [2.24, 2.45) is 0 Å². The summed E-state index contributed by atoms with van der Waals surface area (Å²) in [5.74, 6) is 0.428. The van der Waals surface area contributed by atoms with Gasteiger partial charge in [0.1, 0.15) is 18.8 Å². The molecule has 28 heavy (non-hydrogen) atoms. The number of amides is 1. The van der Waals surface area contributed by atoms with Crippen molar-refractivity contribution in [1.82, 2.24) is 19.9 Å². The number of carbonyl (C=O) groups is 1. The Kier molecular flexibility index (Phi) is 6.05. The van der Waals surface area contributed by atoms with E-state index < -0.39 is 12.8 Å². The van der Waals surface area contributed by atoms with Gasteiger partial charge in [-0.1, -0.05) is 18.2 Å². The van der Waals surface area contributed by atoms with Crippen LogP contribution in [0.2, 0.25) is 0 Å². The van der Waals surface area contributed by atoms with Crippen molar-refractivity contribution in [2.75, 3.05) is 6.61 Å². The van der Waals surface area contributed by atoms with Gasteiger partial charge in [0.05, 0.1) is 6.61 Å². The first-order valence-electron chi connectivity index (χ1n) is 8.35. The minimum atomic E-state index is -4.36. The molecule has 3 rings (SSSR count). The van der Waals surface area contributed by atoms with Crippen LogP contribution >= 0.6 is 0 Å². The van der Waals surface area contributed by atoms with E-state index in [1.165, 1.54) is 0 Å². The number of hydrogen-bond acceptors (Lipinski definition) is 4. The number of carbonyl (C=O) groups excluding carboxylic acids is 1. The fourth-order valence-electron chi connectivity index (χ4n) is 2.39. The first-order chi connectivity index (χ1) is 13.4. The second kappa shape index (κ2) is 8.66. The molecule has 0 aliphatic rings. The third kappa shape index (κ3) is 5.65. The molecular formula is C19H17F3N4O2. The number of nitrogens with zero attached hydrogens (tertiary/aromatic N) is 3. The molecule has 146 valence electrons. The van der Waals surface area contributed by atoms with E-state index in [0.717, 1.165) is 11.4 Å². The molecule has 0 unspecified atom stereocenters. The molecule has 0 radical (unpaired) electrons. The van der Waals surface area contributed by atoms with Crippen LogP contribution in [0.4, 0.5) is 13.2 Å². The molecule has 9 heteroatoms. The number of imidazole rings is 1. The lowest BCUT2D eigenvalue weighted by Gasteiger charge is -2.09. The Morgan fingerprint density at radius 2 is 1.86 bits per heavy atom. The van der Waals surface area contributed by atoms with Crippen LogP contribution in [0.15, 0.2) is 61.3 Å². The van der Waals surface area contributed by atoms with Gasteiger partial charge in [0.15, 0.2) is 0 Å². The number of rotatable bonds is 7. The predicted octanol–water partition coefficient (Wildman–Crippen LogP) is 3.28. The minimum absolute atomic E-state index is 0.170. The van der Waals surface area contributed by atoms with Gasteiger partial charge >= 0.3 is 6.18 Å². The summed E-state index contributed by atoms with van der Waals surface area (Å²) < 4.78 is 42.5. The number of pyridine rings is 1. The second-order valence-electron chi connectivity index (χ2n) is 5.98. The van der Waals surface area contributed by atoms with E-state index in [9.17, 15) is 18.0 Å². The van der Waals surface area contributed by atoms with Crippen LogP contribution in [0.25, 0.3) is 5.82 Å². The smallest absolute Gasteiger partial charge is 0.367 e. The average Bonchev–Trinajstić information content (AvgIpc) is 3.21. The maximum Gasteiger partial charge on any atom is 0.411 e. The molecule has 0 fully saturated rings. The summed E-state index contributed by atoms with van der Waals surface area (Å²) in [5, 5.41) is 2.77. The van der Waals surface area contributed by atoms with Gasteiger partial charge in [0.25, 0.3) is 5.91 Å². The molecule has 2 heterocycles. The zero-order chi connectivity index (χ0) is 20.0. The molecule has 0 saturated carbocycles. The van der Waals surface area contributed by atoms with Crippen molar-refractivity contribution in [3.8, 4) is 5.82 Å². The number of alkyl halides is 3. The van der Waals surface area contributed by atoms with Crippen molar-refractivity contribution in [2.45, 2.75) is 19.3 Å².